The van der Waals surface area contributed by atoms with Crippen LogP contribution in [0.15, 0.2) is 42.5 Å². The molecule has 162 valence electrons. The molecule has 8 heteroatoms. The van der Waals surface area contributed by atoms with Gasteiger partial charge in [0.1, 0.15) is 11.6 Å². The van der Waals surface area contributed by atoms with E-state index < -0.39 is 17.6 Å². The fourth-order valence-electron chi connectivity index (χ4n) is 3.63. The molecule has 1 amide bonds. The highest BCUT2D eigenvalue weighted by molar-refractivity contribution is 5.78. The number of carbonyl (C=O) groups is 1. The van der Waals surface area contributed by atoms with Crippen molar-refractivity contribution in [2.24, 2.45) is 0 Å². The van der Waals surface area contributed by atoms with Crippen LogP contribution in [0.5, 0.6) is 5.75 Å². The largest absolute Gasteiger partial charge is 0.497 e. The molecule has 0 radical (unpaired) electrons. The maximum Gasteiger partial charge on any atom is 0.416 e. The minimum absolute atomic E-state index is 0.0244. The summed E-state index contributed by atoms with van der Waals surface area (Å²) in [5, 5.41) is 3.32. The average molecular weight is 424 g/mol. The number of hydrogen-bond acceptors (Lipinski definition) is 3. The topological polar surface area (TPSA) is 41.6 Å². The van der Waals surface area contributed by atoms with Gasteiger partial charge in [-0.1, -0.05) is 18.2 Å². The van der Waals surface area contributed by atoms with E-state index in [0.717, 1.165) is 23.4 Å². The summed E-state index contributed by atoms with van der Waals surface area (Å²) in [7, 11) is 1.61. The fourth-order valence-corrected chi connectivity index (χ4v) is 3.63. The summed E-state index contributed by atoms with van der Waals surface area (Å²) >= 11 is 0. The molecule has 2 aromatic rings. The Bertz CT molecular complexity index is 886. The normalized spacial score (nSPS) is 16.9. The van der Waals surface area contributed by atoms with E-state index in [2.05, 4.69) is 5.32 Å². The summed E-state index contributed by atoms with van der Waals surface area (Å²) in [6.45, 7) is 1.27. The van der Waals surface area contributed by atoms with Crippen LogP contribution in [0.25, 0.3) is 0 Å². The zero-order chi connectivity index (χ0) is 21.7. The minimum Gasteiger partial charge on any atom is -0.497 e. The van der Waals surface area contributed by atoms with Crippen molar-refractivity contribution in [3.63, 3.8) is 0 Å². The lowest BCUT2D eigenvalue weighted by molar-refractivity contribution is -0.138. The van der Waals surface area contributed by atoms with E-state index in [9.17, 15) is 22.4 Å². The zero-order valence-electron chi connectivity index (χ0n) is 16.6. The number of carbonyl (C=O) groups excluding carboxylic acids is 1. The van der Waals surface area contributed by atoms with Crippen molar-refractivity contribution >= 4 is 5.91 Å². The van der Waals surface area contributed by atoms with Crippen LogP contribution < -0.4 is 10.1 Å². The first-order valence-corrected chi connectivity index (χ1v) is 9.76. The van der Waals surface area contributed by atoms with Gasteiger partial charge in [-0.15, -0.1) is 0 Å². The van der Waals surface area contributed by atoms with Gasteiger partial charge in [-0.05, 0) is 49.2 Å². The van der Waals surface area contributed by atoms with Crippen LogP contribution in [0.1, 0.15) is 36.0 Å². The molecule has 0 bridgehead atoms. The van der Waals surface area contributed by atoms with Gasteiger partial charge < -0.3 is 15.0 Å². The predicted molar refractivity (Wildman–Crippen MR) is 104 cm³/mol. The van der Waals surface area contributed by atoms with Gasteiger partial charge in [0.05, 0.1) is 12.7 Å². The summed E-state index contributed by atoms with van der Waals surface area (Å²) in [6.07, 6.45) is -2.90. The van der Waals surface area contributed by atoms with Crippen molar-refractivity contribution in [1.82, 2.24) is 10.2 Å². The number of methoxy groups -OCH3 is 1. The van der Waals surface area contributed by atoms with Gasteiger partial charge in [0.2, 0.25) is 5.91 Å². The fraction of sp³-hybridized carbons (Fsp3) is 0.409. The Morgan fingerprint density at radius 3 is 2.70 bits per heavy atom. The van der Waals surface area contributed by atoms with E-state index >= 15 is 0 Å². The lowest BCUT2D eigenvalue weighted by Crippen LogP contribution is -2.35. The van der Waals surface area contributed by atoms with Gasteiger partial charge >= 0.3 is 6.18 Å². The van der Waals surface area contributed by atoms with Crippen LogP contribution in [0.2, 0.25) is 0 Å². The van der Waals surface area contributed by atoms with E-state index in [1.54, 1.807) is 12.0 Å². The Balaban J connectivity index is 1.55. The summed E-state index contributed by atoms with van der Waals surface area (Å²) in [5.41, 5.74) is 0.128. The van der Waals surface area contributed by atoms with Gasteiger partial charge in [-0.3, -0.25) is 4.79 Å². The Kier molecular flexibility index (Phi) is 6.97. The standard InChI is InChI=1S/C22H24F4N2O2/c1-30-19-4-2-3-15(11-19)13-27-10-9-18-7-8-21(29)28(18)14-16-5-6-17(12-20(16)23)22(24,25)26/h2-6,11-12,18,27H,7-10,13-14H2,1H3. The summed E-state index contributed by atoms with van der Waals surface area (Å²) in [6, 6.07) is 10.1. The van der Waals surface area contributed by atoms with E-state index in [0.29, 0.717) is 38.4 Å². The second kappa shape index (κ2) is 9.47. The smallest absolute Gasteiger partial charge is 0.416 e. The molecule has 1 N–H and O–H groups in total. The Labute approximate surface area is 172 Å². The molecule has 1 atom stereocenters. The summed E-state index contributed by atoms with van der Waals surface area (Å²) in [4.78, 5) is 13.8. The van der Waals surface area contributed by atoms with E-state index in [1.807, 2.05) is 24.3 Å². The molecule has 1 aliphatic rings. The highest BCUT2D eigenvalue weighted by Gasteiger charge is 2.33. The van der Waals surface area contributed by atoms with Gasteiger partial charge in [0.25, 0.3) is 0 Å². The monoisotopic (exact) mass is 424 g/mol. The van der Waals surface area contributed by atoms with Crippen LogP contribution in [0.4, 0.5) is 17.6 Å². The summed E-state index contributed by atoms with van der Waals surface area (Å²) < 4.78 is 57.5. The predicted octanol–water partition coefficient (Wildman–Crippen LogP) is 4.52. The molecule has 2 aromatic carbocycles. The highest BCUT2D eigenvalue weighted by atomic mass is 19.4. The van der Waals surface area contributed by atoms with Crippen molar-refractivity contribution in [2.75, 3.05) is 13.7 Å². The van der Waals surface area contributed by atoms with Crippen LogP contribution in [0.3, 0.4) is 0 Å². The second-order valence-electron chi connectivity index (χ2n) is 7.34. The number of rotatable bonds is 8. The van der Waals surface area contributed by atoms with Crippen molar-refractivity contribution in [3.05, 3.63) is 65.0 Å². The SMILES string of the molecule is COc1cccc(CNCCC2CCC(=O)N2Cc2ccc(C(F)(F)F)cc2F)c1. The van der Waals surface area contributed by atoms with E-state index in [4.69, 9.17) is 4.74 Å². The molecule has 1 fully saturated rings. The number of benzene rings is 2. The third-order valence-electron chi connectivity index (χ3n) is 5.29. The lowest BCUT2D eigenvalue weighted by atomic mass is 10.1. The van der Waals surface area contributed by atoms with Crippen LogP contribution in [0, 0.1) is 5.82 Å². The molecule has 0 aromatic heterocycles. The van der Waals surface area contributed by atoms with Crippen LogP contribution >= 0.6 is 0 Å². The molecule has 1 heterocycles. The third-order valence-corrected chi connectivity index (χ3v) is 5.29. The van der Waals surface area contributed by atoms with Gasteiger partial charge in [0, 0.05) is 31.1 Å². The zero-order valence-corrected chi connectivity index (χ0v) is 16.6. The molecule has 4 nitrogen and oxygen atoms in total. The Hall–Kier alpha value is -2.61. The van der Waals surface area contributed by atoms with Crippen molar-refractivity contribution in [3.8, 4) is 5.75 Å². The minimum atomic E-state index is -4.60. The first kappa shape index (κ1) is 22.1. The molecule has 3 rings (SSSR count). The number of halogens is 4. The number of ether oxygens (including phenoxy) is 1. The molecule has 1 saturated heterocycles. The number of alkyl halides is 3. The second-order valence-corrected chi connectivity index (χ2v) is 7.34. The van der Waals surface area contributed by atoms with Gasteiger partial charge in [-0.2, -0.15) is 13.2 Å². The molecular weight excluding hydrogens is 400 g/mol. The van der Waals surface area contributed by atoms with Crippen molar-refractivity contribution < 1.29 is 27.1 Å². The molecule has 0 aliphatic carbocycles. The van der Waals surface area contributed by atoms with Crippen molar-refractivity contribution in [2.45, 2.75) is 44.6 Å². The molecular formula is C22H24F4N2O2. The molecule has 1 aliphatic heterocycles. The summed E-state index contributed by atoms with van der Waals surface area (Å²) in [5.74, 6) is -0.271. The molecule has 30 heavy (non-hydrogen) atoms. The van der Waals surface area contributed by atoms with Crippen molar-refractivity contribution in [1.29, 1.82) is 0 Å². The number of nitrogens with one attached hydrogen (secondary N) is 1. The molecule has 1 unspecified atom stereocenters. The number of hydrogen-bond donors (Lipinski definition) is 1. The van der Waals surface area contributed by atoms with E-state index in [1.165, 1.54) is 0 Å². The van der Waals surface area contributed by atoms with Crippen LogP contribution in [-0.4, -0.2) is 30.5 Å². The Morgan fingerprint density at radius 1 is 1.20 bits per heavy atom. The lowest BCUT2D eigenvalue weighted by Gasteiger charge is -2.25. The first-order chi connectivity index (χ1) is 14.3. The molecule has 0 spiro atoms. The maximum atomic E-state index is 14.2. The quantitative estimate of drug-likeness (QED) is 0.500. The molecule has 0 saturated carbocycles. The number of nitrogens with zero attached hydrogens (tertiary/aromatic N) is 1. The highest BCUT2D eigenvalue weighted by Crippen LogP contribution is 2.31. The van der Waals surface area contributed by atoms with Gasteiger partial charge in [-0.25, -0.2) is 4.39 Å². The maximum absolute atomic E-state index is 14.2. The van der Waals surface area contributed by atoms with Crippen LogP contribution in [-0.2, 0) is 24.1 Å². The number of amides is 1. The number of likely N-dealkylation sites (tertiary alicyclic amines) is 1. The van der Waals surface area contributed by atoms with Gasteiger partial charge in [0.15, 0.2) is 0 Å². The first-order valence-electron chi connectivity index (χ1n) is 9.76. The Morgan fingerprint density at radius 2 is 2.00 bits per heavy atom. The third kappa shape index (κ3) is 5.50. The van der Waals surface area contributed by atoms with E-state index in [-0.39, 0.29) is 24.1 Å². The average Bonchev–Trinajstić information content (AvgIpc) is 3.05.